The molecule has 38 heavy (non-hydrogen) atoms. The molecule has 11 nitrogen and oxygen atoms in total. The predicted molar refractivity (Wildman–Crippen MR) is 142 cm³/mol. The van der Waals surface area contributed by atoms with Gasteiger partial charge in [-0.2, -0.15) is 10.3 Å². The zero-order valence-electron chi connectivity index (χ0n) is 21.5. The van der Waals surface area contributed by atoms with Crippen molar-refractivity contribution in [3.05, 3.63) is 98.1 Å². The van der Waals surface area contributed by atoms with E-state index in [1.807, 2.05) is 32.9 Å². The van der Waals surface area contributed by atoms with Gasteiger partial charge in [0.05, 0.1) is 22.0 Å². The Morgan fingerprint density at radius 3 is 2.79 bits per heavy atom. The molecule has 0 aliphatic rings. The van der Waals surface area contributed by atoms with Gasteiger partial charge in [0.15, 0.2) is 5.49 Å². The number of ether oxygens (including phenoxy) is 1. The van der Waals surface area contributed by atoms with Crippen molar-refractivity contribution in [1.29, 1.82) is 5.26 Å². The van der Waals surface area contributed by atoms with Crippen LogP contribution < -0.4 is 11.0 Å². The number of aromatic nitrogens is 3. The molecular weight excluding hydrogens is 488 g/mol. The number of hydrogen-bond donors (Lipinski definition) is 0. The van der Waals surface area contributed by atoms with Gasteiger partial charge >= 0.3 is 0 Å². The summed E-state index contributed by atoms with van der Waals surface area (Å²) in [5.41, 5.74) is 0.636. The van der Waals surface area contributed by atoms with E-state index in [2.05, 4.69) is 11.6 Å². The molecule has 196 valence electrons. The number of aryl methyl sites for hydroxylation is 2. The molecule has 0 spiro atoms. The van der Waals surface area contributed by atoms with Crippen molar-refractivity contribution in [3.63, 3.8) is 0 Å². The molecule has 0 N–H and O–H groups in total. The Bertz CT molecular complexity index is 1640. The molecule has 0 fully saturated rings. The molecule has 0 unspecified atom stereocenters. The number of allylic oxidation sites excluding steroid dienone is 4. The van der Waals surface area contributed by atoms with Crippen molar-refractivity contribution in [2.75, 3.05) is 6.61 Å². The molecule has 1 amide bonds. The van der Waals surface area contributed by atoms with Gasteiger partial charge in [-0.3, -0.25) is 24.1 Å². The number of nitro groups is 1. The molecule has 0 saturated carbocycles. The Kier molecular flexibility index (Phi) is 9.18. The van der Waals surface area contributed by atoms with Crippen molar-refractivity contribution in [2.24, 2.45) is 4.99 Å². The van der Waals surface area contributed by atoms with Crippen molar-refractivity contribution in [1.82, 2.24) is 14.0 Å². The van der Waals surface area contributed by atoms with Gasteiger partial charge in [-0.25, -0.2) is 4.98 Å². The SMILES string of the molecule is C=C/C=C\C=C(/CC(=O)N=c1c(C#N)cc2c(=O)n3cccc(C)c3nc2n1CCCOC(C)C)[N+](=O)[O-]. The van der Waals surface area contributed by atoms with Crippen LogP contribution in [0.1, 0.15) is 37.8 Å². The van der Waals surface area contributed by atoms with E-state index < -0.39 is 17.3 Å². The summed E-state index contributed by atoms with van der Waals surface area (Å²) in [5.74, 6) is -0.823. The standard InChI is InChI=1S/C27H28N6O5/c1-5-6-7-11-21(33(36)37)16-23(34)29-25-20(17-28)15-22-26(31(25)13-9-14-38-18(2)3)30-24-19(4)10-8-12-32(24)27(22)35/h5-8,10-12,15,18H,1,9,13-14,16H2,2-4H3/b7-6-,21-11+,29-25?. The summed E-state index contributed by atoms with van der Waals surface area (Å²) in [6.45, 7) is 9.74. The highest BCUT2D eigenvalue weighted by Crippen LogP contribution is 2.14. The van der Waals surface area contributed by atoms with Crippen molar-refractivity contribution in [3.8, 4) is 6.07 Å². The van der Waals surface area contributed by atoms with E-state index in [0.717, 1.165) is 5.56 Å². The molecule has 0 aromatic carbocycles. The normalized spacial score (nSPS) is 12.5. The summed E-state index contributed by atoms with van der Waals surface area (Å²) < 4.78 is 8.57. The lowest BCUT2D eigenvalue weighted by atomic mass is 10.2. The van der Waals surface area contributed by atoms with Crippen LogP contribution in [0.5, 0.6) is 0 Å². The van der Waals surface area contributed by atoms with Crippen LogP contribution in [0.25, 0.3) is 16.7 Å². The molecule has 3 aromatic rings. The first-order chi connectivity index (χ1) is 18.2. The van der Waals surface area contributed by atoms with Gasteiger partial charge in [0.25, 0.3) is 17.2 Å². The number of amides is 1. The number of nitriles is 1. The number of hydrogen-bond acceptors (Lipinski definition) is 7. The second-order valence-corrected chi connectivity index (χ2v) is 8.68. The lowest BCUT2D eigenvalue weighted by Gasteiger charge is -2.14. The molecule has 0 saturated heterocycles. The lowest BCUT2D eigenvalue weighted by Crippen LogP contribution is -2.30. The maximum absolute atomic E-state index is 13.3. The van der Waals surface area contributed by atoms with Crippen LogP contribution in [0.2, 0.25) is 0 Å². The smallest absolute Gasteiger partial charge is 0.267 e. The summed E-state index contributed by atoms with van der Waals surface area (Å²) in [6.07, 6.45) is 7.01. The van der Waals surface area contributed by atoms with E-state index in [4.69, 9.17) is 9.72 Å². The fraction of sp³-hybridized carbons (Fsp3) is 0.296. The van der Waals surface area contributed by atoms with Crippen LogP contribution in [-0.4, -0.2) is 37.5 Å². The van der Waals surface area contributed by atoms with Crippen LogP contribution >= 0.6 is 0 Å². The zero-order valence-corrected chi connectivity index (χ0v) is 21.5. The van der Waals surface area contributed by atoms with Gasteiger partial charge in [-0.15, -0.1) is 0 Å². The largest absolute Gasteiger partial charge is 0.379 e. The summed E-state index contributed by atoms with van der Waals surface area (Å²) in [7, 11) is 0. The van der Waals surface area contributed by atoms with E-state index in [-0.39, 0.29) is 46.0 Å². The fourth-order valence-corrected chi connectivity index (χ4v) is 3.79. The monoisotopic (exact) mass is 516 g/mol. The zero-order chi connectivity index (χ0) is 27.8. The number of rotatable bonds is 10. The molecule has 0 aliphatic heterocycles. The van der Waals surface area contributed by atoms with Crippen LogP contribution in [0, 0.1) is 28.4 Å². The highest BCUT2D eigenvalue weighted by atomic mass is 16.6. The van der Waals surface area contributed by atoms with Crippen molar-refractivity contribution in [2.45, 2.75) is 46.3 Å². The predicted octanol–water partition coefficient (Wildman–Crippen LogP) is 3.36. The highest BCUT2D eigenvalue weighted by molar-refractivity contribution is 5.81. The van der Waals surface area contributed by atoms with E-state index in [0.29, 0.717) is 18.7 Å². The van der Waals surface area contributed by atoms with E-state index in [1.54, 1.807) is 12.3 Å². The average molecular weight is 517 g/mol. The summed E-state index contributed by atoms with van der Waals surface area (Å²) in [6, 6.07) is 6.90. The first-order valence-corrected chi connectivity index (χ1v) is 11.9. The fourth-order valence-electron chi connectivity index (χ4n) is 3.79. The summed E-state index contributed by atoms with van der Waals surface area (Å²) in [4.78, 5) is 45.8. The van der Waals surface area contributed by atoms with Gasteiger partial charge < -0.3 is 9.30 Å². The Hall–Kier alpha value is -4.69. The van der Waals surface area contributed by atoms with Crippen LogP contribution in [0.4, 0.5) is 0 Å². The topological polar surface area (TPSA) is 145 Å². The number of pyridine rings is 2. The molecule has 0 radical (unpaired) electrons. The van der Waals surface area contributed by atoms with Crippen LogP contribution in [0.15, 0.2) is 70.8 Å². The van der Waals surface area contributed by atoms with Gasteiger partial charge in [0.1, 0.15) is 23.8 Å². The molecule has 0 aliphatic carbocycles. The van der Waals surface area contributed by atoms with Crippen molar-refractivity contribution < 1.29 is 14.5 Å². The Morgan fingerprint density at radius 2 is 2.13 bits per heavy atom. The number of nitrogens with zero attached hydrogens (tertiary/aromatic N) is 6. The Balaban J connectivity index is 2.26. The van der Waals surface area contributed by atoms with E-state index in [1.165, 1.54) is 39.3 Å². The van der Waals surface area contributed by atoms with Crippen LogP contribution in [0.3, 0.4) is 0 Å². The Labute approximate surface area is 218 Å². The van der Waals surface area contributed by atoms with Gasteiger partial charge in [0, 0.05) is 25.4 Å². The molecule has 0 atom stereocenters. The lowest BCUT2D eigenvalue weighted by molar-refractivity contribution is -0.426. The molecule has 3 rings (SSSR count). The average Bonchev–Trinajstić information content (AvgIpc) is 2.87. The molecule has 3 heterocycles. The first kappa shape index (κ1) is 27.9. The first-order valence-electron chi connectivity index (χ1n) is 11.9. The molecule has 11 heteroatoms. The summed E-state index contributed by atoms with van der Waals surface area (Å²) in [5, 5.41) is 21.5. The molecule has 3 aromatic heterocycles. The molecular formula is C27H28N6O5. The number of carbonyl (C=O) groups excluding carboxylic acids is 1. The highest BCUT2D eigenvalue weighted by Gasteiger charge is 2.18. The third kappa shape index (κ3) is 6.35. The third-order valence-electron chi connectivity index (χ3n) is 5.54. The second kappa shape index (κ2) is 12.5. The van der Waals surface area contributed by atoms with Crippen LogP contribution in [-0.2, 0) is 16.1 Å². The van der Waals surface area contributed by atoms with Gasteiger partial charge in [-0.05, 0) is 44.9 Å². The summed E-state index contributed by atoms with van der Waals surface area (Å²) >= 11 is 0. The van der Waals surface area contributed by atoms with E-state index >= 15 is 0 Å². The quantitative estimate of drug-likeness (QED) is 0.132. The minimum absolute atomic E-state index is 0.00441. The second-order valence-electron chi connectivity index (χ2n) is 8.68. The minimum atomic E-state index is -0.823. The molecule has 0 bridgehead atoms. The maximum Gasteiger partial charge on any atom is 0.267 e. The maximum atomic E-state index is 13.3. The number of carbonyl (C=O) groups is 1. The van der Waals surface area contributed by atoms with Gasteiger partial charge in [0.2, 0.25) is 0 Å². The Morgan fingerprint density at radius 1 is 1.37 bits per heavy atom. The number of fused-ring (bicyclic) bond motifs is 2. The van der Waals surface area contributed by atoms with Crippen molar-refractivity contribution >= 4 is 22.6 Å². The third-order valence-corrected chi connectivity index (χ3v) is 5.54. The minimum Gasteiger partial charge on any atom is -0.379 e. The van der Waals surface area contributed by atoms with Gasteiger partial charge in [-0.1, -0.05) is 30.9 Å². The van der Waals surface area contributed by atoms with E-state index in [9.17, 15) is 25.0 Å².